The van der Waals surface area contributed by atoms with Crippen LogP contribution in [-0.2, 0) is 0 Å². The molecule has 0 fully saturated rings. The lowest BCUT2D eigenvalue weighted by Crippen LogP contribution is -2.10. The topological polar surface area (TPSA) is 84.3 Å². The molecule has 1 aromatic heterocycles. The largest absolute Gasteiger partial charge is 0.477 e. The summed E-state index contributed by atoms with van der Waals surface area (Å²) in [5.41, 5.74) is 1.19. The molecule has 0 amide bonds. The molecule has 132 valence electrons. The number of benzene rings is 2. The molecule has 26 heavy (non-hydrogen) atoms. The van der Waals surface area contributed by atoms with Crippen molar-refractivity contribution in [1.29, 1.82) is 0 Å². The summed E-state index contributed by atoms with van der Waals surface area (Å²) in [6.45, 7) is 1.66. The highest BCUT2D eigenvalue weighted by Gasteiger charge is 2.18. The van der Waals surface area contributed by atoms with Crippen molar-refractivity contribution < 1.29 is 14.6 Å². The first kappa shape index (κ1) is 17.8. The van der Waals surface area contributed by atoms with Crippen LogP contribution in [0, 0.1) is 6.92 Å². The van der Waals surface area contributed by atoms with Gasteiger partial charge in [0.1, 0.15) is 22.9 Å². The fourth-order valence-electron chi connectivity index (χ4n) is 2.35. The van der Waals surface area contributed by atoms with E-state index in [0.717, 1.165) is 5.75 Å². The Morgan fingerprint density at radius 3 is 2.31 bits per heavy atom. The van der Waals surface area contributed by atoms with Crippen LogP contribution in [0.4, 0.5) is 11.5 Å². The summed E-state index contributed by atoms with van der Waals surface area (Å²) in [6, 6.07) is 16.7. The molecule has 0 aliphatic carbocycles. The van der Waals surface area contributed by atoms with E-state index in [1.54, 1.807) is 31.2 Å². The zero-order valence-electron chi connectivity index (χ0n) is 14.3. The van der Waals surface area contributed by atoms with Crippen LogP contribution < -0.4 is 10.1 Å². The maximum atomic E-state index is 11.5. The third-order valence-corrected chi connectivity index (χ3v) is 4.11. The molecule has 0 unspecified atom stereocenters. The van der Waals surface area contributed by atoms with Crippen LogP contribution in [0.1, 0.15) is 16.1 Å². The zero-order valence-corrected chi connectivity index (χ0v) is 15.1. The molecule has 0 aliphatic rings. The molecule has 2 N–H and O–H groups in total. The quantitative estimate of drug-likeness (QED) is 0.481. The molecule has 6 nitrogen and oxygen atoms in total. The Balaban J connectivity index is 1.83. The summed E-state index contributed by atoms with van der Waals surface area (Å²) in [7, 11) is 0. The zero-order chi connectivity index (χ0) is 18.5. The number of aromatic nitrogens is 2. The van der Waals surface area contributed by atoms with Crippen LogP contribution in [0.15, 0.2) is 59.8 Å². The number of nitrogens with one attached hydrogen (secondary N) is 1. The van der Waals surface area contributed by atoms with Crippen molar-refractivity contribution in [2.24, 2.45) is 0 Å². The van der Waals surface area contributed by atoms with Crippen LogP contribution in [0.25, 0.3) is 0 Å². The number of hydrogen-bond donors (Lipinski definition) is 2. The van der Waals surface area contributed by atoms with Gasteiger partial charge >= 0.3 is 5.97 Å². The fourth-order valence-corrected chi connectivity index (χ4v) is 2.76. The number of carbonyl (C=O) groups is 1. The summed E-state index contributed by atoms with van der Waals surface area (Å²) in [5, 5.41) is 13.0. The maximum Gasteiger partial charge on any atom is 0.341 e. The number of aromatic carboxylic acids is 1. The maximum absolute atomic E-state index is 11.5. The lowest BCUT2D eigenvalue weighted by atomic mass is 10.2. The predicted octanol–water partition coefficient (Wildman–Crippen LogP) is 4.74. The lowest BCUT2D eigenvalue weighted by molar-refractivity contribution is 0.0696. The molecule has 3 aromatic rings. The minimum atomic E-state index is -1.07. The van der Waals surface area contributed by atoms with Gasteiger partial charge in [-0.3, -0.25) is 0 Å². The Hall–Kier alpha value is -3.06. The van der Waals surface area contributed by atoms with Crippen molar-refractivity contribution in [3.63, 3.8) is 0 Å². The Kier molecular flexibility index (Phi) is 5.38. The van der Waals surface area contributed by atoms with Crippen molar-refractivity contribution in [2.45, 2.75) is 12.1 Å². The molecular formula is C19H17N3O3S. The minimum Gasteiger partial charge on any atom is -0.477 e. The van der Waals surface area contributed by atoms with Crippen LogP contribution in [0.5, 0.6) is 11.5 Å². The Morgan fingerprint density at radius 2 is 1.69 bits per heavy atom. The number of hydrogen-bond acceptors (Lipinski definition) is 6. The highest BCUT2D eigenvalue weighted by Crippen LogP contribution is 2.27. The van der Waals surface area contributed by atoms with Gasteiger partial charge in [-0.2, -0.15) is 0 Å². The second-order valence-electron chi connectivity index (χ2n) is 5.39. The number of rotatable bonds is 6. The van der Waals surface area contributed by atoms with Crippen LogP contribution in [0.3, 0.4) is 0 Å². The Labute approximate surface area is 155 Å². The van der Waals surface area contributed by atoms with Gasteiger partial charge in [-0.05, 0) is 49.6 Å². The van der Waals surface area contributed by atoms with Gasteiger partial charge in [-0.25, -0.2) is 14.8 Å². The van der Waals surface area contributed by atoms with Crippen LogP contribution in [-0.4, -0.2) is 27.3 Å². The van der Waals surface area contributed by atoms with E-state index in [9.17, 15) is 9.90 Å². The summed E-state index contributed by atoms with van der Waals surface area (Å²) in [6.07, 6.45) is 1.84. The summed E-state index contributed by atoms with van der Waals surface area (Å²) >= 11 is 1.36. The number of carboxylic acid groups (broad SMARTS) is 1. The molecule has 0 radical (unpaired) electrons. The number of carboxylic acids is 1. The minimum absolute atomic E-state index is 0.0624. The van der Waals surface area contributed by atoms with Gasteiger partial charge in [-0.15, -0.1) is 0 Å². The van der Waals surface area contributed by atoms with Gasteiger partial charge < -0.3 is 15.2 Å². The molecule has 0 atom stereocenters. The number of para-hydroxylation sites is 1. The fraction of sp³-hybridized carbons (Fsp3) is 0.105. The van der Waals surface area contributed by atoms with Gasteiger partial charge in [-0.1, -0.05) is 30.0 Å². The van der Waals surface area contributed by atoms with Crippen molar-refractivity contribution in [3.05, 3.63) is 65.9 Å². The predicted molar refractivity (Wildman–Crippen MR) is 102 cm³/mol. The molecule has 0 aliphatic heterocycles. The Bertz CT molecular complexity index is 915. The average molecular weight is 367 g/mol. The molecule has 0 spiro atoms. The van der Waals surface area contributed by atoms with Gasteiger partial charge in [0, 0.05) is 5.69 Å². The van der Waals surface area contributed by atoms with E-state index in [0.29, 0.717) is 22.3 Å². The normalized spacial score (nSPS) is 10.4. The second kappa shape index (κ2) is 7.88. The molecule has 7 heteroatoms. The van der Waals surface area contributed by atoms with Crippen molar-refractivity contribution in [1.82, 2.24) is 9.97 Å². The SMILES string of the molecule is CSc1nc(C)c(C(=O)O)c(Nc2ccc(Oc3ccccc3)cc2)n1. The third kappa shape index (κ3) is 4.12. The Morgan fingerprint density at radius 1 is 1.04 bits per heavy atom. The number of nitrogens with zero attached hydrogens (tertiary/aromatic N) is 2. The van der Waals surface area contributed by atoms with E-state index in [2.05, 4.69) is 15.3 Å². The highest BCUT2D eigenvalue weighted by molar-refractivity contribution is 7.98. The molecular weight excluding hydrogens is 350 g/mol. The van der Waals surface area contributed by atoms with Gasteiger partial charge in [0.25, 0.3) is 0 Å². The van der Waals surface area contributed by atoms with E-state index in [1.807, 2.05) is 36.6 Å². The second-order valence-corrected chi connectivity index (χ2v) is 6.16. The first-order valence-corrected chi connectivity index (χ1v) is 9.05. The monoisotopic (exact) mass is 367 g/mol. The van der Waals surface area contributed by atoms with E-state index in [4.69, 9.17) is 4.74 Å². The summed E-state index contributed by atoms with van der Waals surface area (Å²) in [5.74, 6) is 0.633. The van der Waals surface area contributed by atoms with Gasteiger partial charge in [0.05, 0.1) is 5.69 Å². The van der Waals surface area contributed by atoms with E-state index in [1.165, 1.54) is 11.8 Å². The number of ether oxygens (including phenoxy) is 1. The van der Waals surface area contributed by atoms with E-state index >= 15 is 0 Å². The number of thioether (sulfide) groups is 1. The average Bonchev–Trinajstić information content (AvgIpc) is 2.63. The van der Waals surface area contributed by atoms with Crippen molar-refractivity contribution >= 4 is 29.2 Å². The smallest absolute Gasteiger partial charge is 0.341 e. The van der Waals surface area contributed by atoms with Crippen molar-refractivity contribution in [2.75, 3.05) is 11.6 Å². The first-order chi connectivity index (χ1) is 12.6. The molecule has 2 aromatic carbocycles. The number of anilines is 2. The number of aryl methyl sites for hydroxylation is 1. The van der Waals surface area contributed by atoms with Crippen LogP contribution >= 0.6 is 11.8 Å². The summed E-state index contributed by atoms with van der Waals surface area (Å²) in [4.78, 5) is 20.0. The lowest BCUT2D eigenvalue weighted by Gasteiger charge is -2.12. The van der Waals surface area contributed by atoms with Crippen molar-refractivity contribution in [3.8, 4) is 11.5 Å². The van der Waals surface area contributed by atoms with E-state index < -0.39 is 5.97 Å². The molecule has 0 bridgehead atoms. The van der Waals surface area contributed by atoms with E-state index in [-0.39, 0.29) is 11.4 Å². The van der Waals surface area contributed by atoms with Gasteiger partial charge in [0.2, 0.25) is 0 Å². The summed E-state index contributed by atoms with van der Waals surface area (Å²) < 4.78 is 5.75. The molecule has 0 saturated heterocycles. The highest BCUT2D eigenvalue weighted by atomic mass is 32.2. The van der Waals surface area contributed by atoms with Crippen LogP contribution in [0.2, 0.25) is 0 Å². The molecule has 1 heterocycles. The third-order valence-electron chi connectivity index (χ3n) is 3.56. The standard InChI is InChI=1S/C19H17N3O3S/c1-12-16(18(23)24)17(22-19(20-12)26-2)21-13-8-10-15(11-9-13)25-14-6-4-3-5-7-14/h3-11H,1-2H3,(H,23,24)(H,20,21,22). The molecule has 0 saturated carbocycles. The molecule has 3 rings (SSSR count). The van der Waals surface area contributed by atoms with Gasteiger partial charge in [0.15, 0.2) is 5.16 Å². The first-order valence-electron chi connectivity index (χ1n) is 7.82.